The number of amides is 1. The van der Waals surface area contributed by atoms with Crippen molar-refractivity contribution in [3.8, 4) is 5.75 Å². The smallest absolute Gasteiger partial charge is 0.264 e. The summed E-state index contributed by atoms with van der Waals surface area (Å²) in [4.78, 5) is 13.1. The normalized spacial score (nSPS) is 12.1. The van der Waals surface area contributed by atoms with Crippen LogP contribution in [-0.2, 0) is 14.8 Å². The zero-order valence-corrected chi connectivity index (χ0v) is 19.5. The van der Waals surface area contributed by atoms with Crippen LogP contribution in [0.3, 0.4) is 0 Å². The van der Waals surface area contributed by atoms with Crippen molar-refractivity contribution in [2.45, 2.75) is 31.7 Å². The Hall–Kier alpha value is -3.32. The fourth-order valence-electron chi connectivity index (χ4n) is 3.31. The molecule has 0 aliphatic rings. The van der Waals surface area contributed by atoms with E-state index in [0.29, 0.717) is 5.69 Å². The number of methoxy groups -OCH3 is 1. The van der Waals surface area contributed by atoms with Gasteiger partial charge in [-0.15, -0.1) is 0 Å². The lowest BCUT2D eigenvalue weighted by Crippen LogP contribution is -2.41. The molecular formula is C25H28N2O4S. The zero-order valence-electron chi connectivity index (χ0n) is 18.7. The Morgan fingerprint density at radius 1 is 0.969 bits per heavy atom. The predicted octanol–water partition coefficient (Wildman–Crippen LogP) is 4.38. The van der Waals surface area contributed by atoms with Crippen LogP contribution in [-0.4, -0.2) is 28.0 Å². The number of sulfonamides is 1. The second kappa shape index (κ2) is 9.87. The first-order valence-corrected chi connectivity index (χ1v) is 11.7. The van der Waals surface area contributed by atoms with Gasteiger partial charge in [0.2, 0.25) is 5.91 Å². The Bertz CT molecular complexity index is 1180. The summed E-state index contributed by atoms with van der Waals surface area (Å²) in [6.45, 7) is 5.39. The molecule has 1 N–H and O–H groups in total. The van der Waals surface area contributed by atoms with Gasteiger partial charge in [0.25, 0.3) is 10.0 Å². The highest BCUT2D eigenvalue weighted by atomic mass is 32.2. The number of carbonyl (C=O) groups excluding carboxylic acids is 1. The highest BCUT2D eigenvalue weighted by Gasteiger charge is 2.27. The van der Waals surface area contributed by atoms with Gasteiger partial charge in [-0.25, -0.2) is 8.42 Å². The van der Waals surface area contributed by atoms with Crippen molar-refractivity contribution in [2.75, 3.05) is 18.0 Å². The van der Waals surface area contributed by atoms with E-state index in [-0.39, 0.29) is 17.5 Å². The van der Waals surface area contributed by atoms with Crippen LogP contribution >= 0.6 is 0 Å². The summed E-state index contributed by atoms with van der Waals surface area (Å²) in [6, 6.07) is 20.6. The molecule has 0 radical (unpaired) electrons. The molecule has 3 rings (SSSR count). The highest BCUT2D eigenvalue weighted by Crippen LogP contribution is 2.26. The third kappa shape index (κ3) is 5.29. The molecule has 0 aliphatic carbocycles. The van der Waals surface area contributed by atoms with Crippen molar-refractivity contribution < 1.29 is 17.9 Å². The molecule has 1 amide bonds. The first-order chi connectivity index (χ1) is 15.2. The Balaban J connectivity index is 1.88. The van der Waals surface area contributed by atoms with Gasteiger partial charge >= 0.3 is 0 Å². The van der Waals surface area contributed by atoms with Gasteiger partial charge in [-0.2, -0.15) is 0 Å². The number of carbonyl (C=O) groups is 1. The highest BCUT2D eigenvalue weighted by molar-refractivity contribution is 7.92. The van der Waals surface area contributed by atoms with E-state index >= 15 is 0 Å². The minimum atomic E-state index is -3.93. The van der Waals surface area contributed by atoms with E-state index in [1.54, 1.807) is 37.4 Å². The molecule has 0 saturated carbocycles. The molecule has 7 heteroatoms. The number of benzene rings is 3. The van der Waals surface area contributed by atoms with Crippen molar-refractivity contribution in [3.05, 3.63) is 89.5 Å². The number of aryl methyl sites for hydroxylation is 2. The largest absolute Gasteiger partial charge is 0.497 e. The van der Waals surface area contributed by atoms with E-state index in [0.717, 1.165) is 26.7 Å². The molecule has 6 nitrogen and oxygen atoms in total. The van der Waals surface area contributed by atoms with Crippen LogP contribution in [0.25, 0.3) is 0 Å². The maximum absolute atomic E-state index is 13.4. The first-order valence-electron chi connectivity index (χ1n) is 10.3. The summed E-state index contributed by atoms with van der Waals surface area (Å²) in [7, 11) is -2.34. The number of rotatable bonds is 8. The minimum Gasteiger partial charge on any atom is -0.497 e. The summed E-state index contributed by atoms with van der Waals surface area (Å²) in [5, 5.41) is 2.90. The van der Waals surface area contributed by atoms with Crippen LogP contribution in [0.15, 0.2) is 77.7 Å². The van der Waals surface area contributed by atoms with E-state index in [2.05, 4.69) is 5.32 Å². The second-order valence-electron chi connectivity index (χ2n) is 7.66. The molecule has 1 atom stereocenters. The first kappa shape index (κ1) is 23.3. The van der Waals surface area contributed by atoms with Gasteiger partial charge < -0.3 is 10.1 Å². The summed E-state index contributed by atoms with van der Waals surface area (Å²) in [6.07, 6.45) is 0. The number of hydrogen-bond acceptors (Lipinski definition) is 4. The second-order valence-corrected chi connectivity index (χ2v) is 9.52. The summed E-state index contributed by atoms with van der Waals surface area (Å²) in [5.74, 6) is 0.327. The minimum absolute atomic E-state index is 0.134. The van der Waals surface area contributed by atoms with Crippen LogP contribution in [0.2, 0.25) is 0 Å². The molecule has 3 aromatic rings. The molecule has 0 aromatic heterocycles. The average molecular weight is 453 g/mol. The van der Waals surface area contributed by atoms with Crippen LogP contribution in [0.1, 0.15) is 29.7 Å². The van der Waals surface area contributed by atoms with Crippen LogP contribution < -0.4 is 14.4 Å². The van der Waals surface area contributed by atoms with Gasteiger partial charge in [0.05, 0.1) is 23.7 Å². The van der Waals surface area contributed by atoms with Crippen molar-refractivity contribution >= 4 is 21.6 Å². The van der Waals surface area contributed by atoms with Gasteiger partial charge in [0.1, 0.15) is 12.3 Å². The topological polar surface area (TPSA) is 75.7 Å². The number of nitrogens with zero attached hydrogens (tertiary/aromatic N) is 1. The molecule has 1 unspecified atom stereocenters. The summed E-state index contributed by atoms with van der Waals surface area (Å²) in [5.41, 5.74) is 3.33. The Morgan fingerprint density at radius 2 is 1.62 bits per heavy atom. The van der Waals surface area contributed by atoms with E-state index in [1.807, 2.05) is 51.1 Å². The fraction of sp³-hybridized carbons (Fsp3) is 0.240. The third-order valence-electron chi connectivity index (χ3n) is 5.39. The predicted molar refractivity (Wildman–Crippen MR) is 126 cm³/mol. The zero-order chi connectivity index (χ0) is 23.3. The fourth-order valence-corrected chi connectivity index (χ4v) is 4.74. The van der Waals surface area contributed by atoms with Gasteiger partial charge in [-0.1, -0.05) is 36.4 Å². The lowest BCUT2D eigenvalue weighted by Gasteiger charge is -2.25. The van der Waals surface area contributed by atoms with E-state index in [9.17, 15) is 13.2 Å². The average Bonchev–Trinajstić information content (AvgIpc) is 2.80. The molecular weight excluding hydrogens is 424 g/mol. The van der Waals surface area contributed by atoms with E-state index < -0.39 is 15.9 Å². The summed E-state index contributed by atoms with van der Waals surface area (Å²) < 4.78 is 33.2. The third-order valence-corrected chi connectivity index (χ3v) is 7.18. The number of nitrogens with one attached hydrogen (secondary N) is 1. The number of anilines is 1. The molecule has 0 aliphatic heterocycles. The van der Waals surface area contributed by atoms with E-state index in [4.69, 9.17) is 4.74 Å². The Labute approximate surface area is 189 Å². The van der Waals surface area contributed by atoms with Crippen LogP contribution in [0, 0.1) is 13.8 Å². The van der Waals surface area contributed by atoms with Gasteiger partial charge in [-0.05, 0) is 73.9 Å². The Kier molecular flexibility index (Phi) is 7.20. The molecule has 0 saturated heterocycles. The molecule has 0 heterocycles. The molecule has 32 heavy (non-hydrogen) atoms. The van der Waals surface area contributed by atoms with Crippen molar-refractivity contribution in [3.63, 3.8) is 0 Å². The molecule has 0 bridgehead atoms. The van der Waals surface area contributed by atoms with Gasteiger partial charge in [0.15, 0.2) is 0 Å². The van der Waals surface area contributed by atoms with Gasteiger partial charge in [0, 0.05) is 0 Å². The Morgan fingerprint density at radius 3 is 2.22 bits per heavy atom. The lowest BCUT2D eigenvalue weighted by atomic mass is 10.1. The maximum Gasteiger partial charge on any atom is 0.264 e. The monoisotopic (exact) mass is 452 g/mol. The van der Waals surface area contributed by atoms with Gasteiger partial charge in [-0.3, -0.25) is 9.10 Å². The SMILES string of the molecule is COc1ccc(C(C)NC(=O)CN(c2ccc(C)c(C)c2)S(=O)(=O)c2ccccc2)cc1. The van der Waals surface area contributed by atoms with Crippen molar-refractivity contribution in [1.29, 1.82) is 0 Å². The van der Waals surface area contributed by atoms with Crippen molar-refractivity contribution in [2.24, 2.45) is 0 Å². The molecule has 0 spiro atoms. The molecule has 3 aromatic carbocycles. The molecule has 168 valence electrons. The molecule has 0 fully saturated rings. The van der Waals surface area contributed by atoms with Crippen molar-refractivity contribution in [1.82, 2.24) is 5.32 Å². The number of ether oxygens (including phenoxy) is 1. The quantitative estimate of drug-likeness (QED) is 0.550. The van der Waals surface area contributed by atoms with E-state index in [1.165, 1.54) is 12.1 Å². The number of hydrogen-bond donors (Lipinski definition) is 1. The maximum atomic E-state index is 13.4. The van der Waals surface area contributed by atoms with Crippen LogP contribution in [0.5, 0.6) is 5.75 Å². The lowest BCUT2D eigenvalue weighted by molar-refractivity contribution is -0.120. The van der Waals surface area contributed by atoms with Crippen LogP contribution in [0.4, 0.5) is 5.69 Å². The standard InChI is InChI=1S/C25H28N2O4S/c1-18-10-13-22(16-19(18)2)27(32(29,30)24-8-6-5-7-9-24)17-25(28)26-20(3)21-11-14-23(31-4)15-12-21/h5-16,20H,17H2,1-4H3,(H,26,28). The summed E-state index contributed by atoms with van der Waals surface area (Å²) >= 11 is 0.